The van der Waals surface area contributed by atoms with Crippen LogP contribution in [0.4, 0.5) is 0 Å². The van der Waals surface area contributed by atoms with Crippen LogP contribution in [0.25, 0.3) is 0 Å². The van der Waals surface area contributed by atoms with E-state index in [1.54, 1.807) is 31.4 Å². The summed E-state index contributed by atoms with van der Waals surface area (Å²) in [5.41, 5.74) is -0.318. The molecule has 4 rings (SSSR count). The summed E-state index contributed by atoms with van der Waals surface area (Å²) in [7, 11) is 3.10. The van der Waals surface area contributed by atoms with Gasteiger partial charge in [-0.3, -0.25) is 14.4 Å². The van der Waals surface area contributed by atoms with Crippen molar-refractivity contribution in [3.8, 4) is 18.1 Å². The minimum Gasteiger partial charge on any atom is -0.497 e. The molecule has 1 aromatic carbocycles. The highest BCUT2D eigenvalue weighted by Crippen LogP contribution is 2.54. The molecule has 3 amide bonds. The SMILES string of the molecule is C#CCN1C(=O)[C@@H]2[C@@H](C(=O)NC)[C@@H]3C=C[C@@]2(O3)[C@H]1C(=O)NCc1ccc(OC)cc1. The molecule has 156 valence electrons. The van der Waals surface area contributed by atoms with Crippen LogP contribution in [0.1, 0.15) is 5.56 Å². The van der Waals surface area contributed by atoms with E-state index in [4.69, 9.17) is 15.9 Å². The van der Waals surface area contributed by atoms with E-state index in [0.29, 0.717) is 0 Å². The monoisotopic (exact) mass is 409 g/mol. The van der Waals surface area contributed by atoms with Crippen molar-refractivity contribution < 1.29 is 23.9 Å². The molecule has 5 atom stereocenters. The van der Waals surface area contributed by atoms with Gasteiger partial charge >= 0.3 is 0 Å². The highest BCUT2D eigenvalue weighted by atomic mass is 16.5. The molecule has 0 saturated carbocycles. The Morgan fingerprint density at radius 3 is 2.67 bits per heavy atom. The number of nitrogens with zero attached hydrogens (tertiary/aromatic N) is 1. The van der Waals surface area contributed by atoms with Crippen molar-refractivity contribution in [1.29, 1.82) is 0 Å². The first-order valence-electron chi connectivity index (χ1n) is 9.70. The Kier molecular flexibility index (Phi) is 5.00. The molecule has 2 N–H and O–H groups in total. The lowest BCUT2D eigenvalue weighted by Gasteiger charge is -2.31. The molecule has 3 aliphatic rings. The number of ether oxygens (including phenoxy) is 2. The van der Waals surface area contributed by atoms with Gasteiger partial charge in [0.25, 0.3) is 0 Å². The van der Waals surface area contributed by atoms with Crippen LogP contribution in [0.15, 0.2) is 36.4 Å². The molecule has 2 saturated heterocycles. The minimum absolute atomic E-state index is 0.0416. The van der Waals surface area contributed by atoms with E-state index < -0.39 is 29.6 Å². The van der Waals surface area contributed by atoms with Gasteiger partial charge in [-0.05, 0) is 17.7 Å². The highest BCUT2D eigenvalue weighted by Gasteiger charge is 2.72. The Hall–Kier alpha value is -3.31. The summed E-state index contributed by atoms with van der Waals surface area (Å²) in [4.78, 5) is 40.2. The number of hydrogen-bond acceptors (Lipinski definition) is 5. The molecule has 1 aromatic rings. The number of amides is 3. The molecule has 30 heavy (non-hydrogen) atoms. The molecular weight excluding hydrogens is 386 g/mol. The predicted octanol–water partition coefficient (Wildman–Crippen LogP) is -0.159. The van der Waals surface area contributed by atoms with Crippen LogP contribution in [-0.2, 0) is 25.7 Å². The maximum Gasteiger partial charge on any atom is 0.246 e. The third kappa shape index (κ3) is 2.85. The number of carbonyl (C=O) groups excluding carboxylic acids is 3. The normalized spacial score (nSPS) is 30.7. The van der Waals surface area contributed by atoms with Gasteiger partial charge in [-0.25, -0.2) is 0 Å². The molecular formula is C22H23N3O5. The number of likely N-dealkylation sites (tertiary alicyclic amines) is 1. The highest BCUT2D eigenvalue weighted by molar-refractivity contribution is 5.99. The van der Waals surface area contributed by atoms with E-state index in [9.17, 15) is 14.4 Å². The van der Waals surface area contributed by atoms with E-state index in [1.807, 2.05) is 12.1 Å². The minimum atomic E-state index is -1.19. The van der Waals surface area contributed by atoms with Crippen LogP contribution in [0, 0.1) is 24.2 Å². The Morgan fingerprint density at radius 1 is 1.30 bits per heavy atom. The standard InChI is InChI=1S/C22H23N3O5/c1-4-11-25-18(20(27)24-12-13-5-7-14(29-3)8-6-13)22-10-9-15(30-22)16(19(26)23-2)17(22)21(25)28/h1,5-10,15-18H,11-12H2,2-3H3,(H,23,26)(H,24,27)/t15-,16-,17-,18+,22-/m0/s1. The second-order valence-electron chi connectivity index (χ2n) is 7.55. The van der Waals surface area contributed by atoms with Crippen LogP contribution in [-0.4, -0.2) is 61.1 Å². The van der Waals surface area contributed by atoms with Gasteiger partial charge in [-0.1, -0.05) is 30.2 Å². The van der Waals surface area contributed by atoms with Crippen molar-refractivity contribution in [2.24, 2.45) is 11.8 Å². The third-order valence-corrected chi connectivity index (χ3v) is 6.06. The number of rotatable bonds is 6. The number of benzene rings is 1. The van der Waals surface area contributed by atoms with Crippen LogP contribution in [0.5, 0.6) is 5.75 Å². The summed E-state index contributed by atoms with van der Waals surface area (Å²) in [6.45, 7) is 0.226. The zero-order valence-corrected chi connectivity index (χ0v) is 16.8. The molecule has 8 heteroatoms. The topological polar surface area (TPSA) is 97.0 Å². The fourth-order valence-electron chi connectivity index (χ4n) is 4.73. The quantitative estimate of drug-likeness (QED) is 0.503. The summed E-state index contributed by atoms with van der Waals surface area (Å²) < 4.78 is 11.2. The van der Waals surface area contributed by atoms with Gasteiger partial charge in [0.1, 0.15) is 17.4 Å². The number of methoxy groups -OCH3 is 1. The fraction of sp³-hybridized carbons (Fsp3) is 0.409. The summed E-state index contributed by atoms with van der Waals surface area (Å²) in [5, 5.41) is 5.47. The van der Waals surface area contributed by atoms with Gasteiger partial charge < -0.3 is 25.0 Å². The molecule has 0 radical (unpaired) electrons. The second-order valence-corrected chi connectivity index (χ2v) is 7.55. The number of hydrogen-bond donors (Lipinski definition) is 2. The maximum atomic E-state index is 13.2. The van der Waals surface area contributed by atoms with E-state index in [2.05, 4.69) is 16.6 Å². The van der Waals surface area contributed by atoms with Gasteiger partial charge in [0.05, 0.1) is 31.6 Å². The predicted molar refractivity (Wildman–Crippen MR) is 107 cm³/mol. The summed E-state index contributed by atoms with van der Waals surface area (Å²) in [6.07, 6.45) is 8.43. The molecule has 0 aromatic heterocycles. The summed E-state index contributed by atoms with van der Waals surface area (Å²) in [5.74, 6) is 0.697. The number of nitrogens with one attached hydrogen (secondary N) is 2. The average Bonchev–Trinajstić information content (AvgIpc) is 3.40. The zero-order valence-electron chi connectivity index (χ0n) is 16.8. The maximum absolute atomic E-state index is 13.2. The largest absolute Gasteiger partial charge is 0.497 e. The lowest BCUT2D eigenvalue weighted by Crippen LogP contribution is -2.54. The summed E-state index contributed by atoms with van der Waals surface area (Å²) >= 11 is 0. The van der Waals surface area contributed by atoms with Crippen molar-refractivity contribution in [1.82, 2.24) is 15.5 Å². The van der Waals surface area contributed by atoms with Crippen molar-refractivity contribution >= 4 is 17.7 Å². The van der Waals surface area contributed by atoms with Crippen LogP contribution in [0.3, 0.4) is 0 Å². The van der Waals surface area contributed by atoms with Gasteiger partial charge in [0.2, 0.25) is 17.7 Å². The average molecular weight is 409 g/mol. The van der Waals surface area contributed by atoms with Crippen molar-refractivity contribution in [2.75, 3.05) is 20.7 Å². The Labute approximate surface area is 174 Å². The molecule has 2 fully saturated rings. The van der Waals surface area contributed by atoms with E-state index in [1.165, 1.54) is 11.9 Å². The smallest absolute Gasteiger partial charge is 0.246 e. The molecule has 0 aliphatic carbocycles. The Morgan fingerprint density at radius 2 is 2.03 bits per heavy atom. The van der Waals surface area contributed by atoms with E-state index >= 15 is 0 Å². The lowest BCUT2D eigenvalue weighted by atomic mass is 9.74. The Balaban J connectivity index is 1.60. The molecule has 8 nitrogen and oxygen atoms in total. The Bertz CT molecular complexity index is 951. The molecule has 3 heterocycles. The fourth-order valence-corrected chi connectivity index (χ4v) is 4.73. The first kappa shape index (κ1) is 20.0. The van der Waals surface area contributed by atoms with Crippen LogP contribution in [0.2, 0.25) is 0 Å². The third-order valence-electron chi connectivity index (χ3n) is 6.06. The number of carbonyl (C=O) groups is 3. The van der Waals surface area contributed by atoms with Crippen molar-refractivity contribution in [2.45, 2.75) is 24.3 Å². The van der Waals surface area contributed by atoms with Gasteiger partial charge in [-0.15, -0.1) is 6.42 Å². The lowest BCUT2D eigenvalue weighted by molar-refractivity contribution is -0.141. The van der Waals surface area contributed by atoms with Gasteiger partial charge in [0.15, 0.2) is 0 Å². The number of fused-ring (bicyclic) bond motifs is 1. The molecule has 1 spiro atoms. The first-order chi connectivity index (χ1) is 14.5. The van der Waals surface area contributed by atoms with Crippen LogP contribution < -0.4 is 15.4 Å². The van der Waals surface area contributed by atoms with E-state index in [0.717, 1.165) is 11.3 Å². The molecule has 3 aliphatic heterocycles. The van der Waals surface area contributed by atoms with Crippen molar-refractivity contribution in [3.05, 3.63) is 42.0 Å². The first-order valence-corrected chi connectivity index (χ1v) is 9.70. The second kappa shape index (κ2) is 7.50. The van der Waals surface area contributed by atoms with E-state index in [-0.39, 0.29) is 30.8 Å². The van der Waals surface area contributed by atoms with Crippen LogP contribution >= 0.6 is 0 Å². The zero-order chi connectivity index (χ0) is 21.5. The van der Waals surface area contributed by atoms with Gasteiger partial charge in [0, 0.05) is 13.6 Å². The van der Waals surface area contributed by atoms with Crippen molar-refractivity contribution in [3.63, 3.8) is 0 Å². The summed E-state index contributed by atoms with van der Waals surface area (Å²) in [6, 6.07) is 6.35. The van der Waals surface area contributed by atoms with Gasteiger partial charge in [-0.2, -0.15) is 0 Å². The molecule has 2 bridgehead atoms. The number of terminal acetylenes is 1. The molecule has 0 unspecified atom stereocenters.